The van der Waals surface area contributed by atoms with Gasteiger partial charge in [-0.05, 0) is 41.0 Å². The maximum absolute atomic E-state index is 13.5. The van der Waals surface area contributed by atoms with Crippen LogP contribution in [-0.2, 0) is 16.3 Å². The highest BCUT2D eigenvalue weighted by Gasteiger charge is 2.52. The van der Waals surface area contributed by atoms with Crippen LogP contribution in [0, 0.1) is 0 Å². The number of aliphatic hydroxyl groups excluding tert-OH is 2. The van der Waals surface area contributed by atoms with E-state index in [0.717, 1.165) is 0 Å². The Morgan fingerprint density at radius 2 is 1.40 bits per heavy atom. The second-order valence-corrected chi connectivity index (χ2v) is 10.1. The molecule has 3 N–H and O–H groups in total. The van der Waals surface area contributed by atoms with Gasteiger partial charge in [0.1, 0.15) is 35.5 Å². The average Bonchev–Trinajstić information content (AvgIpc) is 3.39. The van der Waals surface area contributed by atoms with E-state index in [9.17, 15) is 33.0 Å². The molecule has 1 aliphatic heterocycles. The van der Waals surface area contributed by atoms with Gasteiger partial charge < -0.3 is 24.4 Å². The van der Waals surface area contributed by atoms with Crippen molar-refractivity contribution >= 4 is 0 Å². The summed E-state index contributed by atoms with van der Waals surface area (Å²) in [6.45, 7) is 0. The van der Waals surface area contributed by atoms with Crippen LogP contribution >= 0.6 is 0 Å². The van der Waals surface area contributed by atoms with Gasteiger partial charge in [0.2, 0.25) is 0 Å². The van der Waals surface area contributed by atoms with E-state index in [2.05, 4.69) is 0 Å². The quantitative estimate of drug-likeness (QED) is 0.265. The minimum Gasteiger partial charge on any atom is -0.497 e. The van der Waals surface area contributed by atoms with E-state index in [1.54, 1.807) is 83.8 Å². The zero-order valence-electron chi connectivity index (χ0n) is 23.1. The van der Waals surface area contributed by atoms with Gasteiger partial charge in [0.25, 0.3) is 5.56 Å². The van der Waals surface area contributed by atoms with E-state index in [-0.39, 0.29) is 6.42 Å². The third kappa shape index (κ3) is 5.44. The van der Waals surface area contributed by atoms with E-state index in [0.29, 0.717) is 39.0 Å². The van der Waals surface area contributed by atoms with Gasteiger partial charge in [-0.2, -0.15) is 13.2 Å². The summed E-state index contributed by atoms with van der Waals surface area (Å²) in [4.78, 5) is 26.1. The van der Waals surface area contributed by atoms with E-state index in [1.807, 2.05) is 0 Å². The van der Waals surface area contributed by atoms with Gasteiger partial charge in [-0.3, -0.25) is 14.3 Å². The topological polar surface area (TPSA) is 123 Å². The van der Waals surface area contributed by atoms with Crippen LogP contribution in [0.15, 0.2) is 94.6 Å². The molecular weight excluding hydrogens is 569 g/mol. The van der Waals surface area contributed by atoms with Gasteiger partial charge in [-0.25, -0.2) is 4.79 Å². The summed E-state index contributed by atoms with van der Waals surface area (Å²) >= 11 is 0. The molecule has 1 fully saturated rings. The third-order valence-electron chi connectivity index (χ3n) is 7.79. The van der Waals surface area contributed by atoms with Crippen molar-refractivity contribution in [2.24, 2.45) is 0 Å². The summed E-state index contributed by atoms with van der Waals surface area (Å²) in [6.07, 6.45) is -10.8. The summed E-state index contributed by atoms with van der Waals surface area (Å²) in [5.41, 5.74) is -3.92. The van der Waals surface area contributed by atoms with E-state index < -0.39 is 52.9 Å². The molecule has 9 nitrogen and oxygen atoms in total. The zero-order chi connectivity index (χ0) is 30.9. The summed E-state index contributed by atoms with van der Waals surface area (Å²) in [5, 5.41) is 23.5. The molecule has 0 radical (unpaired) electrons. The summed E-state index contributed by atoms with van der Waals surface area (Å²) < 4.78 is 57.7. The lowest BCUT2D eigenvalue weighted by Gasteiger charge is -2.43. The molecule has 0 spiro atoms. The molecule has 1 aliphatic rings. The number of aromatic nitrogens is 2. The first-order chi connectivity index (χ1) is 20.5. The van der Waals surface area contributed by atoms with Crippen molar-refractivity contribution < 1.29 is 37.6 Å². The first kappa shape index (κ1) is 30.1. The molecule has 3 aromatic carbocycles. The highest BCUT2D eigenvalue weighted by Crippen LogP contribution is 2.47. The Morgan fingerprint density at radius 1 is 0.884 bits per heavy atom. The molecule has 5 rings (SSSR count). The van der Waals surface area contributed by atoms with Gasteiger partial charge >= 0.3 is 11.9 Å². The molecular formula is C31H29F3N2O7. The van der Waals surface area contributed by atoms with Crippen LogP contribution in [0.1, 0.15) is 34.9 Å². The van der Waals surface area contributed by atoms with Gasteiger partial charge in [0, 0.05) is 12.6 Å². The monoisotopic (exact) mass is 598 g/mol. The predicted octanol–water partition coefficient (Wildman–Crippen LogP) is 3.62. The molecule has 1 unspecified atom stereocenters. The standard InChI is InChI=1S/C31H29F3N2O7/c1-41-21-12-8-19(9-13-21)30(18-6-4-3-5-7-18,20-10-14-22(42-2)15-11-20)27(38)26-24(37)16-25(43-26)36-17-23(31(32,33)34)28(39)35-29(36)40/h3-15,17,24-27,37-38H,16H2,1-2H3,(H,35,39,40)/t24-,25+,26-,27?/m0/s1. The minimum atomic E-state index is -5.04. The maximum Gasteiger partial charge on any atom is 0.423 e. The molecule has 4 aromatic rings. The van der Waals surface area contributed by atoms with Gasteiger partial charge in [0.15, 0.2) is 0 Å². The van der Waals surface area contributed by atoms with E-state index in [4.69, 9.17) is 14.2 Å². The first-order valence-corrected chi connectivity index (χ1v) is 13.3. The number of methoxy groups -OCH3 is 2. The number of alkyl halides is 3. The smallest absolute Gasteiger partial charge is 0.423 e. The van der Waals surface area contributed by atoms with Crippen LogP contribution in [0.5, 0.6) is 11.5 Å². The number of nitrogens with one attached hydrogen (secondary N) is 1. The van der Waals surface area contributed by atoms with Crippen LogP contribution < -0.4 is 20.7 Å². The van der Waals surface area contributed by atoms with Crippen LogP contribution in [0.4, 0.5) is 13.2 Å². The lowest BCUT2D eigenvalue weighted by Crippen LogP contribution is -2.51. The summed E-state index contributed by atoms with van der Waals surface area (Å²) in [7, 11) is 3.03. The predicted molar refractivity (Wildman–Crippen MR) is 149 cm³/mol. The van der Waals surface area contributed by atoms with E-state index >= 15 is 0 Å². The second-order valence-electron chi connectivity index (χ2n) is 10.1. The number of hydrogen-bond acceptors (Lipinski definition) is 7. The molecule has 1 saturated heterocycles. The average molecular weight is 599 g/mol. The molecule has 43 heavy (non-hydrogen) atoms. The highest BCUT2D eigenvalue weighted by atomic mass is 19.4. The SMILES string of the molecule is COc1ccc(C(c2ccccc2)(c2ccc(OC)cc2)C(O)[C@H]2O[C@@H](n3cc(C(F)(F)F)c(=O)[nH]c3=O)C[C@@H]2O)cc1. The fraction of sp³-hybridized carbons (Fsp3) is 0.290. The minimum absolute atomic E-state index is 0.332. The Hall–Kier alpha value is -4.39. The van der Waals surface area contributed by atoms with Crippen molar-refractivity contribution in [2.75, 3.05) is 14.2 Å². The van der Waals surface area contributed by atoms with Crippen LogP contribution in [-0.4, -0.2) is 52.3 Å². The molecule has 0 aliphatic carbocycles. The Bertz CT molecular complexity index is 1620. The van der Waals surface area contributed by atoms with Crippen molar-refractivity contribution in [3.63, 3.8) is 0 Å². The number of hydrogen-bond donors (Lipinski definition) is 3. The van der Waals surface area contributed by atoms with Crippen molar-refractivity contribution in [3.8, 4) is 11.5 Å². The Kier molecular flexibility index (Phi) is 8.19. The second kappa shape index (κ2) is 11.7. The van der Waals surface area contributed by atoms with Crippen molar-refractivity contribution in [2.45, 2.75) is 42.6 Å². The lowest BCUT2D eigenvalue weighted by atomic mass is 9.64. The summed E-state index contributed by atoms with van der Waals surface area (Å²) in [5.74, 6) is 1.12. The van der Waals surface area contributed by atoms with Crippen molar-refractivity contribution in [1.29, 1.82) is 0 Å². The van der Waals surface area contributed by atoms with E-state index in [1.165, 1.54) is 14.2 Å². The van der Waals surface area contributed by atoms with Crippen LogP contribution in [0.25, 0.3) is 0 Å². The Morgan fingerprint density at radius 3 is 1.88 bits per heavy atom. The molecule has 2 heterocycles. The Balaban J connectivity index is 1.67. The normalized spacial score (nSPS) is 19.7. The lowest BCUT2D eigenvalue weighted by molar-refractivity contribution is -0.140. The molecule has 0 amide bonds. The molecule has 0 saturated carbocycles. The third-order valence-corrected chi connectivity index (χ3v) is 7.79. The fourth-order valence-corrected chi connectivity index (χ4v) is 5.70. The number of aliphatic hydroxyl groups is 2. The van der Waals surface area contributed by atoms with Gasteiger partial charge in [0.05, 0.1) is 25.7 Å². The largest absolute Gasteiger partial charge is 0.497 e. The van der Waals surface area contributed by atoms with Crippen LogP contribution in [0.3, 0.4) is 0 Å². The van der Waals surface area contributed by atoms with Crippen LogP contribution in [0.2, 0.25) is 0 Å². The molecule has 226 valence electrons. The number of aromatic amines is 1. The molecule has 12 heteroatoms. The number of ether oxygens (including phenoxy) is 3. The number of halogens is 3. The number of benzene rings is 3. The summed E-state index contributed by atoms with van der Waals surface area (Å²) in [6, 6.07) is 22.9. The number of rotatable bonds is 8. The fourth-order valence-electron chi connectivity index (χ4n) is 5.70. The van der Waals surface area contributed by atoms with Crippen molar-refractivity contribution in [3.05, 3.63) is 128 Å². The zero-order valence-corrected chi connectivity index (χ0v) is 23.1. The number of nitrogens with zero attached hydrogens (tertiary/aromatic N) is 1. The Labute approximate surface area is 243 Å². The van der Waals surface area contributed by atoms with Crippen molar-refractivity contribution in [1.82, 2.24) is 9.55 Å². The molecule has 1 aromatic heterocycles. The highest BCUT2D eigenvalue weighted by molar-refractivity contribution is 5.54. The maximum atomic E-state index is 13.5. The van der Waals surface area contributed by atoms with Gasteiger partial charge in [-0.1, -0.05) is 54.6 Å². The molecule has 4 atom stereocenters. The van der Waals surface area contributed by atoms with Gasteiger partial charge in [-0.15, -0.1) is 0 Å². The number of H-pyrrole nitrogens is 1. The first-order valence-electron chi connectivity index (χ1n) is 13.3. The molecule has 0 bridgehead atoms.